The summed E-state index contributed by atoms with van der Waals surface area (Å²) in [5.74, 6) is 1.11. The van der Waals surface area contributed by atoms with Gasteiger partial charge in [-0.15, -0.1) is 0 Å². The largest absolute Gasteiger partial charge is 0.323 e. The zero-order valence-electron chi connectivity index (χ0n) is 19.9. The highest BCUT2D eigenvalue weighted by atomic mass is 15.1. The van der Waals surface area contributed by atoms with E-state index in [0.29, 0.717) is 0 Å². The van der Waals surface area contributed by atoms with E-state index >= 15 is 0 Å². The van der Waals surface area contributed by atoms with Crippen LogP contribution < -0.4 is 0 Å². The van der Waals surface area contributed by atoms with Gasteiger partial charge < -0.3 is 4.57 Å². The standard InChI is InChI=1S/C31H30N2/c1-21-18-22(2)24(4)28(23(21)3)20-33-30-13-9-8-12-29(30)32-31(33)19-25-14-16-27(17-15-25)26-10-6-5-7-11-26/h5-18H,19-20H2,1-4H3. The molecule has 0 fully saturated rings. The maximum Gasteiger partial charge on any atom is 0.114 e. The fourth-order valence-electron chi connectivity index (χ4n) is 4.76. The zero-order valence-corrected chi connectivity index (χ0v) is 19.9. The number of benzene rings is 4. The molecule has 2 nitrogen and oxygen atoms in total. The number of aryl methyl sites for hydroxylation is 2. The van der Waals surface area contributed by atoms with Gasteiger partial charge in [0.1, 0.15) is 5.82 Å². The molecule has 0 spiro atoms. The Morgan fingerprint density at radius 1 is 0.667 bits per heavy atom. The highest BCUT2D eigenvalue weighted by molar-refractivity contribution is 5.76. The third kappa shape index (κ3) is 4.09. The lowest BCUT2D eigenvalue weighted by Crippen LogP contribution is -2.10. The molecule has 0 unspecified atom stereocenters. The van der Waals surface area contributed by atoms with Crippen LogP contribution in [0.4, 0.5) is 0 Å². The second-order valence-electron chi connectivity index (χ2n) is 9.08. The Morgan fingerprint density at radius 3 is 1.97 bits per heavy atom. The van der Waals surface area contributed by atoms with Gasteiger partial charge >= 0.3 is 0 Å². The third-order valence-corrected chi connectivity index (χ3v) is 6.99. The van der Waals surface area contributed by atoms with Gasteiger partial charge in [-0.2, -0.15) is 0 Å². The number of aromatic nitrogens is 2. The molecule has 0 radical (unpaired) electrons. The average Bonchev–Trinajstić information content (AvgIpc) is 3.18. The van der Waals surface area contributed by atoms with Crippen LogP contribution in [0.25, 0.3) is 22.2 Å². The van der Waals surface area contributed by atoms with Gasteiger partial charge in [0.05, 0.1) is 11.0 Å². The molecule has 4 aromatic carbocycles. The van der Waals surface area contributed by atoms with E-state index in [1.54, 1.807) is 0 Å². The molecular formula is C31H30N2. The molecule has 0 atom stereocenters. The maximum atomic E-state index is 5.05. The second kappa shape index (κ2) is 8.71. The lowest BCUT2D eigenvalue weighted by atomic mass is 9.94. The molecule has 0 aliphatic carbocycles. The monoisotopic (exact) mass is 430 g/mol. The van der Waals surface area contributed by atoms with Crippen LogP contribution in [0.5, 0.6) is 0 Å². The minimum atomic E-state index is 0.812. The van der Waals surface area contributed by atoms with Crippen LogP contribution >= 0.6 is 0 Å². The average molecular weight is 431 g/mol. The molecule has 1 heterocycles. The molecule has 0 saturated heterocycles. The zero-order chi connectivity index (χ0) is 22.9. The molecule has 1 aromatic heterocycles. The predicted molar refractivity (Wildman–Crippen MR) is 139 cm³/mol. The Balaban J connectivity index is 1.53. The van der Waals surface area contributed by atoms with Crippen molar-refractivity contribution in [2.24, 2.45) is 0 Å². The van der Waals surface area contributed by atoms with E-state index in [2.05, 4.69) is 117 Å². The van der Waals surface area contributed by atoms with E-state index < -0.39 is 0 Å². The van der Waals surface area contributed by atoms with Crippen molar-refractivity contribution in [2.75, 3.05) is 0 Å². The normalized spacial score (nSPS) is 11.3. The predicted octanol–water partition coefficient (Wildman–Crippen LogP) is 7.58. The lowest BCUT2D eigenvalue weighted by molar-refractivity contribution is 0.753. The second-order valence-corrected chi connectivity index (χ2v) is 9.08. The number of para-hydroxylation sites is 2. The summed E-state index contributed by atoms with van der Waals surface area (Å²) in [6.45, 7) is 9.77. The molecule has 0 N–H and O–H groups in total. The van der Waals surface area contributed by atoms with E-state index in [9.17, 15) is 0 Å². The van der Waals surface area contributed by atoms with Crippen molar-refractivity contribution in [3.8, 4) is 11.1 Å². The van der Waals surface area contributed by atoms with Gasteiger partial charge in [-0.3, -0.25) is 0 Å². The molecule has 33 heavy (non-hydrogen) atoms. The van der Waals surface area contributed by atoms with Crippen LogP contribution in [-0.2, 0) is 13.0 Å². The van der Waals surface area contributed by atoms with E-state index in [1.165, 1.54) is 50.0 Å². The van der Waals surface area contributed by atoms with Crippen molar-refractivity contribution in [1.82, 2.24) is 9.55 Å². The van der Waals surface area contributed by atoms with E-state index in [-0.39, 0.29) is 0 Å². The van der Waals surface area contributed by atoms with Crippen LogP contribution in [0, 0.1) is 27.7 Å². The summed E-state index contributed by atoms with van der Waals surface area (Å²) in [6, 6.07) is 30.2. The Labute approximate surface area is 196 Å². The molecule has 164 valence electrons. The van der Waals surface area contributed by atoms with Gasteiger partial charge in [0.25, 0.3) is 0 Å². The summed E-state index contributed by atoms with van der Waals surface area (Å²) in [6.07, 6.45) is 0.812. The van der Waals surface area contributed by atoms with Crippen LogP contribution in [0.3, 0.4) is 0 Å². The summed E-state index contributed by atoms with van der Waals surface area (Å²) in [4.78, 5) is 5.05. The van der Waals surface area contributed by atoms with Crippen LogP contribution in [0.15, 0.2) is 84.9 Å². The minimum absolute atomic E-state index is 0.812. The summed E-state index contributed by atoms with van der Waals surface area (Å²) in [7, 11) is 0. The smallest absolute Gasteiger partial charge is 0.114 e. The molecule has 0 aliphatic heterocycles. The van der Waals surface area contributed by atoms with Crippen molar-refractivity contribution in [1.29, 1.82) is 0 Å². The van der Waals surface area contributed by atoms with E-state index in [1.807, 2.05) is 0 Å². The van der Waals surface area contributed by atoms with E-state index in [4.69, 9.17) is 4.98 Å². The summed E-state index contributed by atoms with van der Waals surface area (Å²) >= 11 is 0. The Hall–Kier alpha value is -3.65. The molecule has 0 amide bonds. The fourth-order valence-corrected chi connectivity index (χ4v) is 4.76. The van der Waals surface area contributed by atoms with Gasteiger partial charge in [-0.25, -0.2) is 4.98 Å². The topological polar surface area (TPSA) is 17.8 Å². The Bertz CT molecular complexity index is 1400. The van der Waals surface area contributed by atoms with Crippen molar-refractivity contribution in [3.05, 3.63) is 124 Å². The lowest BCUT2D eigenvalue weighted by Gasteiger charge is -2.18. The molecule has 0 saturated carbocycles. The quantitative estimate of drug-likeness (QED) is 0.281. The number of nitrogens with zero attached hydrogens (tertiary/aromatic N) is 2. The minimum Gasteiger partial charge on any atom is -0.323 e. The van der Waals surface area contributed by atoms with Gasteiger partial charge in [0, 0.05) is 13.0 Å². The number of fused-ring (bicyclic) bond motifs is 1. The summed E-state index contributed by atoms with van der Waals surface area (Å²) < 4.78 is 2.41. The third-order valence-electron chi connectivity index (χ3n) is 6.99. The van der Waals surface area contributed by atoms with Crippen molar-refractivity contribution in [2.45, 2.75) is 40.7 Å². The molecule has 0 aliphatic rings. The van der Waals surface area contributed by atoms with Crippen molar-refractivity contribution < 1.29 is 0 Å². The molecule has 5 aromatic rings. The highest BCUT2D eigenvalue weighted by Gasteiger charge is 2.15. The molecule has 5 rings (SSSR count). The maximum absolute atomic E-state index is 5.05. The Kier molecular flexibility index (Phi) is 5.60. The first-order valence-electron chi connectivity index (χ1n) is 11.7. The Morgan fingerprint density at radius 2 is 1.27 bits per heavy atom. The summed E-state index contributed by atoms with van der Waals surface area (Å²) in [5, 5.41) is 0. The molecule has 2 heteroatoms. The SMILES string of the molecule is Cc1cc(C)c(C)c(Cn2c(Cc3ccc(-c4ccccc4)cc3)nc3ccccc32)c1C. The first-order valence-corrected chi connectivity index (χ1v) is 11.7. The first-order chi connectivity index (χ1) is 16.0. The fraction of sp³-hybridized carbons (Fsp3) is 0.194. The number of hydrogen-bond donors (Lipinski definition) is 0. The first kappa shape index (κ1) is 21.2. The number of imidazole rings is 1. The van der Waals surface area contributed by atoms with Crippen LogP contribution in [0.1, 0.15) is 39.2 Å². The molecule has 0 bridgehead atoms. The van der Waals surface area contributed by atoms with Crippen molar-refractivity contribution in [3.63, 3.8) is 0 Å². The van der Waals surface area contributed by atoms with Crippen molar-refractivity contribution >= 4 is 11.0 Å². The number of hydrogen-bond acceptors (Lipinski definition) is 1. The van der Waals surface area contributed by atoms with Crippen LogP contribution in [-0.4, -0.2) is 9.55 Å². The summed E-state index contributed by atoms with van der Waals surface area (Å²) in [5.41, 5.74) is 12.9. The van der Waals surface area contributed by atoms with Gasteiger partial charge in [0.15, 0.2) is 0 Å². The van der Waals surface area contributed by atoms with Crippen LogP contribution in [0.2, 0.25) is 0 Å². The number of rotatable bonds is 5. The van der Waals surface area contributed by atoms with E-state index in [0.717, 1.165) is 24.3 Å². The highest BCUT2D eigenvalue weighted by Crippen LogP contribution is 2.27. The van der Waals surface area contributed by atoms with Gasteiger partial charge in [-0.1, -0.05) is 72.8 Å². The van der Waals surface area contributed by atoms with Gasteiger partial charge in [0.2, 0.25) is 0 Å². The van der Waals surface area contributed by atoms with Gasteiger partial charge in [-0.05, 0) is 84.3 Å². The molecular weight excluding hydrogens is 400 g/mol.